The Morgan fingerprint density at radius 3 is 2.56 bits per heavy atom. The van der Waals surface area contributed by atoms with Crippen molar-refractivity contribution in [3.8, 4) is 17.0 Å². The number of benzene rings is 2. The monoisotopic (exact) mass is 487 g/mol. The molecule has 184 valence electrons. The number of fused-ring (bicyclic) bond motifs is 1. The average Bonchev–Trinajstić information content (AvgIpc) is 2.91. The molecule has 0 spiro atoms. The maximum absolute atomic E-state index is 13.4. The highest BCUT2D eigenvalue weighted by molar-refractivity contribution is 5.88. The van der Waals surface area contributed by atoms with Gasteiger partial charge in [0, 0.05) is 38.3 Å². The van der Waals surface area contributed by atoms with E-state index in [1.54, 1.807) is 24.1 Å². The summed E-state index contributed by atoms with van der Waals surface area (Å²) in [6.45, 7) is 2.60. The molecular weight excluding hydrogens is 461 g/mol. The zero-order valence-corrected chi connectivity index (χ0v) is 19.8. The number of carbonyl (C=O) groups excluding carboxylic acids is 1. The fourth-order valence-electron chi connectivity index (χ4n) is 4.21. The van der Waals surface area contributed by atoms with Crippen molar-refractivity contribution in [2.45, 2.75) is 6.54 Å². The molecule has 0 aliphatic carbocycles. The van der Waals surface area contributed by atoms with Crippen molar-refractivity contribution < 1.29 is 13.9 Å². The van der Waals surface area contributed by atoms with Gasteiger partial charge in [0.1, 0.15) is 17.1 Å². The predicted molar refractivity (Wildman–Crippen MR) is 136 cm³/mol. The molecule has 1 saturated heterocycles. The number of methoxy groups -OCH3 is 1. The number of nitrogens with two attached hydrogens (primary N) is 1. The van der Waals surface area contributed by atoms with E-state index in [1.165, 1.54) is 12.1 Å². The lowest BCUT2D eigenvalue weighted by Gasteiger charge is -2.35. The Hall–Kier alpha value is -4.47. The first kappa shape index (κ1) is 23.3. The minimum atomic E-state index is -0.304. The van der Waals surface area contributed by atoms with Gasteiger partial charge in [-0.2, -0.15) is 4.98 Å². The maximum Gasteiger partial charge on any atom is 0.317 e. The van der Waals surface area contributed by atoms with Gasteiger partial charge in [0.05, 0.1) is 18.3 Å². The number of hydrogen-bond acceptors (Lipinski definition) is 7. The van der Waals surface area contributed by atoms with E-state index in [0.29, 0.717) is 55.3 Å². The topological polar surface area (TPSA) is 110 Å². The van der Waals surface area contributed by atoms with Crippen molar-refractivity contribution in [2.75, 3.05) is 43.9 Å². The molecule has 2 aromatic heterocycles. The zero-order valence-electron chi connectivity index (χ0n) is 19.8. The minimum Gasteiger partial charge on any atom is -0.497 e. The lowest BCUT2D eigenvalue weighted by Crippen LogP contribution is -2.52. The summed E-state index contributed by atoms with van der Waals surface area (Å²) in [4.78, 5) is 30.2. The van der Waals surface area contributed by atoms with Crippen LogP contribution in [0.25, 0.3) is 22.3 Å². The van der Waals surface area contributed by atoms with Crippen molar-refractivity contribution in [1.29, 1.82) is 0 Å². The van der Waals surface area contributed by atoms with E-state index >= 15 is 0 Å². The van der Waals surface area contributed by atoms with Crippen LogP contribution in [0.2, 0.25) is 0 Å². The molecule has 9 nitrogen and oxygen atoms in total. The van der Waals surface area contributed by atoms with Crippen LogP contribution in [0.15, 0.2) is 60.7 Å². The summed E-state index contributed by atoms with van der Waals surface area (Å²) in [5, 5.41) is 2.97. The number of rotatable bonds is 5. The SMILES string of the molecule is COc1cccc(CNC(=O)N2CCN(c3nc(N)nc4ccc(-c5ccc(F)cc5)nc34)CC2)c1. The normalized spacial score (nSPS) is 13.6. The highest BCUT2D eigenvalue weighted by Crippen LogP contribution is 2.27. The molecule has 36 heavy (non-hydrogen) atoms. The molecule has 5 rings (SSSR count). The summed E-state index contributed by atoms with van der Waals surface area (Å²) in [6.07, 6.45) is 0. The minimum absolute atomic E-state index is 0.124. The number of piperazine rings is 1. The fourth-order valence-corrected chi connectivity index (χ4v) is 4.21. The van der Waals surface area contributed by atoms with E-state index in [0.717, 1.165) is 16.9 Å². The molecule has 10 heteroatoms. The van der Waals surface area contributed by atoms with Crippen molar-refractivity contribution >= 4 is 28.8 Å². The van der Waals surface area contributed by atoms with E-state index in [-0.39, 0.29) is 17.8 Å². The van der Waals surface area contributed by atoms with Gasteiger partial charge in [0.25, 0.3) is 0 Å². The zero-order chi connectivity index (χ0) is 25.1. The Morgan fingerprint density at radius 1 is 1.03 bits per heavy atom. The van der Waals surface area contributed by atoms with Crippen LogP contribution in [-0.4, -0.2) is 59.2 Å². The summed E-state index contributed by atoms with van der Waals surface area (Å²) in [5.74, 6) is 1.23. The number of carbonyl (C=O) groups is 1. The molecular formula is C26H26FN7O2. The van der Waals surface area contributed by atoms with Crippen molar-refractivity contribution in [1.82, 2.24) is 25.2 Å². The van der Waals surface area contributed by atoms with Crippen molar-refractivity contribution in [3.05, 3.63) is 72.0 Å². The quantitative estimate of drug-likeness (QED) is 0.444. The van der Waals surface area contributed by atoms with Crippen LogP contribution in [0, 0.1) is 5.82 Å². The van der Waals surface area contributed by atoms with Crippen LogP contribution in [0.3, 0.4) is 0 Å². The van der Waals surface area contributed by atoms with Gasteiger partial charge in [0.2, 0.25) is 5.95 Å². The summed E-state index contributed by atoms with van der Waals surface area (Å²) >= 11 is 0. The molecule has 4 aromatic rings. The number of urea groups is 1. The Balaban J connectivity index is 1.29. The molecule has 0 saturated carbocycles. The number of nitrogens with zero attached hydrogens (tertiary/aromatic N) is 5. The largest absolute Gasteiger partial charge is 0.497 e. The number of nitrogens with one attached hydrogen (secondary N) is 1. The van der Waals surface area contributed by atoms with Crippen LogP contribution >= 0.6 is 0 Å². The summed E-state index contributed by atoms with van der Waals surface area (Å²) in [6, 6.07) is 17.3. The Labute approximate surface area is 207 Å². The van der Waals surface area contributed by atoms with Crippen molar-refractivity contribution in [2.24, 2.45) is 0 Å². The number of aromatic nitrogens is 3. The van der Waals surface area contributed by atoms with E-state index in [4.69, 9.17) is 15.5 Å². The van der Waals surface area contributed by atoms with Gasteiger partial charge in [-0.1, -0.05) is 12.1 Å². The van der Waals surface area contributed by atoms with Crippen LogP contribution in [0.1, 0.15) is 5.56 Å². The first-order valence-corrected chi connectivity index (χ1v) is 11.6. The van der Waals surface area contributed by atoms with E-state index < -0.39 is 0 Å². The molecule has 0 bridgehead atoms. The van der Waals surface area contributed by atoms with Crippen LogP contribution in [-0.2, 0) is 6.54 Å². The lowest BCUT2D eigenvalue weighted by atomic mass is 10.1. The van der Waals surface area contributed by atoms with Crippen molar-refractivity contribution in [3.63, 3.8) is 0 Å². The summed E-state index contributed by atoms with van der Waals surface area (Å²) < 4.78 is 18.6. The maximum atomic E-state index is 13.4. The molecule has 1 aliphatic heterocycles. The molecule has 2 aromatic carbocycles. The third-order valence-electron chi connectivity index (χ3n) is 6.13. The second-order valence-corrected chi connectivity index (χ2v) is 8.46. The Kier molecular flexibility index (Phi) is 6.48. The first-order chi connectivity index (χ1) is 17.5. The number of hydrogen-bond donors (Lipinski definition) is 2. The number of nitrogen functional groups attached to an aromatic ring is 1. The third kappa shape index (κ3) is 4.97. The molecule has 0 atom stereocenters. The third-order valence-corrected chi connectivity index (χ3v) is 6.13. The van der Waals surface area contributed by atoms with Gasteiger partial charge in [0.15, 0.2) is 5.82 Å². The Morgan fingerprint density at radius 2 is 1.81 bits per heavy atom. The molecule has 0 radical (unpaired) electrons. The van der Waals surface area contributed by atoms with Gasteiger partial charge in [-0.3, -0.25) is 0 Å². The molecule has 0 unspecified atom stereocenters. The fraction of sp³-hybridized carbons (Fsp3) is 0.231. The Bertz CT molecular complexity index is 1390. The second kappa shape index (κ2) is 10.0. The van der Waals surface area contributed by atoms with E-state index in [9.17, 15) is 9.18 Å². The van der Waals surface area contributed by atoms with Gasteiger partial charge >= 0.3 is 6.03 Å². The second-order valence-electron chi connectivity index (χ2n) is 8.46. The summed E-state index contributed by atoms with van der Waals surface area (Å²) in [5.41, 5.74) is 9.67. The highest BCUT2D eigenvalue weighted by Gasteiger charge is 2.24. The number of halogens is 1. The number of ether oxygens (including phenoxy) is 1. The van der Waals surface area contributed by atoms with Gasteiger partial charge in [-0.25, -0.2) is 19.2 Å². The van der Waals surface area contributed by atoms with Gasteiger partial charge < -0.3 is 25.6 Å². The number of amides is 2. The molecule has 1 aliphatic rings. The summed E-state index contributed by atoms with van der Waals surface area (Å²) in [7, 11) is 1.62. The first-order valence-electron chi connectivity index (χ1n) is 11.6. The van der Waals surface area contributed by atoms with Crippen LogP contribution < -0.4 is 20.7 Å². The average molecular weight is 488 g/mol. The smallest absolute Gasteiger partial charge is 0.317 e. The van der Waals surface area contributed by atoms with E-state index in [1.807, 2.05) is 36.4 Å². The number of pyridine rings is 1. The van der Waals surface area contributed by atoms with Gasteiger partial charge in [-0.05, 0) is 54.1 Å². The van der Waals surface area contributed by atoms with E-state index in [2.05, 4.69) is 20.2 Å². The highest BCUT2D eigenvalue weighted by atomic mass is 19.1. The van der Waals surface area contributed by atoms with Crippen LogP contribution in [0.4, 0.5) is 21.0 Å². The molecule has 3 N–H and O–H groups in total. The lowest BCUT2D eigenvalue weighted by molar-refractivity contribution is 0.194. The standard InChI is InChI=1S/C26H26FN7O2/c1-36-20-4-2-3-17(15-20)16-29-26(35)34-13-11-33(12-14-34)24-23-22(31-25(28)32-24)10-9-21(30-23)18-5-7-19(27)8-6-18/h2-10,15H,11-14,16H2,1H3,(H,29,35)(H2,28,31,32). The number of anilines is 2. The predicted octanol–water partition coefficient (Wildman–Crippen LogP) is 3.45. The molecule has 2 amide bonds. The van der Waals surface area contributed by atoms with Crippen LogP contribution in [0.5, 0.6) is 5.75 Å². The molecule has 1 fully saturated rings. The van der Waals surface area contributed by atoms with Gasteiger partial charge in [-0.15, -0.1) is 0 Å². The molecule has 3 heterocycles.